The number of hydrogen-bond acceptors (Lipinski definition) is 2. The average molecular weight is 508 g/mol. The summed E-state index contributed by atoms with van der Waals surface area (Å²) in [6.45, 7) is 1.53. The summed E-state index contributed by atoms with van der Waals surface area (Å²) >= 11 is 0. The second-order valence-corrected chi connectivity index (χ2v) is 10.0. The molecule has 190 valence electrons. The standard InChI is InChI=1S/C29H25F4N3O/c30-23-12-10-20(11-13-23)19-4-6-21(7-5-19)27-34-25-3-1-2-24(29(31,32)33)26(25)36(27)17-18-14-15-35(16-18)28(37)22-8-9-22/h1-7,10-13,18,22H,8-9,14-17H2/t18-/m0/s1. The summed E-state index contributed by atoms with van der Waals surface area (Å²) in [6.07, 6.45) is -1.92. The van der Waals surface area contributed by atoms with Crippen LogP contribution in [-0.4, -0.2) is 33.4 Å². The molecule has 0 radical (unpaired) electrons. The molecule has 0 unspecified atom stereocenters. The van der Waals surface area contributed by atoms with E-state index in [1.54, 1.807) is 22.8 Å². The Labute approximate surface area is 211 Å². The van der Waals surface area contributed by atoms with Gasteiger partial charge in [-0.05, 0) is 60.6 Å². The van der Waals surface area contributed by atoms with Crippen molar-refractivity contribution in [2.45, 2.75) is 32.0 Å². The van der Waals surface area contributed by atoms with Gasteiger partial charge in [0.25, 0.3) is 0 Å². The molecule has 2 aliphatic rings. The Bertz CT molecular complexity index is 1450. The Morgan fingerprint density at radius 3 is 2.19 bits per heavy atom. The second-order valence-electron chi connectivity index (χ2n) is 10.0. The molecule has 2 heterocycles. The van der Waals surface area contributed by atoms with Crippen LogP contribution in [0, 0.1) is 17.7 Å². The monoisotopic (exact) mass is 507 g/mol. The van der Waals surface area contributed by atoms with Crippen molar-refractivity contribution in [1.29, 1.82) is 0 Å². The number of nitrogens with zero attached hydrogens (tertiary/aromatic N) is 3. The van der Waals surface area contributed by atoms with Gasteiger partial charge in [-0.1, -0.05) is 42.5 Å². The van der Waals surface area contributed by atoms with E-state index in [1.807, 2.05) is 29.2 Å². The highest BCUT2D eigenvalue weighted by Crippen LogP contribution is 2.39. The van der Waals surface area contributed by atoms with E-state index >= 15 is 0 Å². The number of amides is 1. The van der Waals surface area contributed by atoms with Gasteiger partial charge in [0.1, 0.15) is 11.6 Å². The predicted molar refractivity (Wildman–Crippen MR) is 133 cm³/mol. The van der Waals surface area contributed by atoms with Crippen molar-refractivity contribution >= 4 is 16.9 Å². The Balaban J connectivity index is 1.38. The number of fused-ring (bicyclic) bond motifs is 1. The average Bonchev–Trinajstić information content (AvgIpc) is 3.53. The molecule has 0 N–H and O–H groups in total. The van der Waals surface area contributed by atoms with Crippen molar-refractivity contribution < 1.29 is 22.4 Å². The zero-order chi connectivity index (χ0) is 25.7. The molecule has 1 aromatic heterocycles. The first-order valence-corrected chi connectivity index (χ1v) is 12.5. The largest absolute Gasteiger partial charge is 0.418 e. The first-order valence-electron chi connectivity index (χ1n) is 12.5. The van der Waals surface area contributed by atoms with E-state index in [-0.39, 0.29) is 34.6 Å². The van der Waals surface area contributed by atoms with Crippen molar-refractivity contribution in [3.05, 3.63) is 78.1 Å². The van der Waals surface area contributed by atoms with Crippen LogP contribution in [0.15, 0.2) is 66.7 Å². The molecule has 2 fully saturated rings. The Morgan fingerprint density at radius 2 is 1.54 bits per heavy atom. The number of benzene rings is 3. The summed E-state index contributed by atoms with van der Waals surface area (Å²) in [5.74, 6) is 0.479. The molecule has 1 saturated heterocycles. The van der Waals surface area contributed by atoms with E-state index in [9.17, 15) is 22.4 Å². The minimum atomic E-state index is -4.52. The van der Waals surface area contributed by atoms with Crippen molar-refractivity contribution in [3.8, 4) is 22.5 Å². The number of hydrogen-bond donors (Lipinski definition) is 0. The summed E-state index contributed by atoms with van der Waals surface area (Å²) < 4.78 is 57.1. The van der Waals surface area contributed by atoms with Crippen LogP contribution in [-0.2, 0) is 17.5 Å². The first kappa shape index (κ1) is 23.7. The van der Waals surface area contributed by atoms with Gasteiger partial charge >= 0.3 is 6.18 Å². The third-order valence-corrected chi connectivity index (χ3v) is 7.36. The Hall–Kier alpha value is -3.68. The lowest BCUT2D eigenvalue weighted by atomic mass is 10.0. The quantitative estimate of drug-likeness (QED) is 0.279. The maximum absolute atomic E-state index is 14.0. The van der Waals surface area contributed by atoms with Crippen LogP contribution in [0.2, 0.25) is 0 Å². The third kappa shape index (κ3) is 4.61. The van der Waals surface area contributed by atoms with E-state index in [2.05, 4.69) is 4.98 Å². The molecule has 1 amide bonds. The number of imidazole rings is 1. The van der Waals surface area contributed by atoms with Gasteiger partial charge in [0.2, 0.25) is 5.91 Å². The molecule has 6 rings (SSSR count). The van der Waals surface area contributed by atoms with Gasteiger partial charge in [-0.2, -0.15) is 13.2 Å². The van der Waals surface area contributed by atoms with Crippen molar-refractivity contribution in [2.75, 3.05) is 13.1 Å². The molecular formula is C29H25F4N3O. The number of rotatable bonds is 5. The summed E-state index contributed by atoms with van der Waals surface area (Å²) in [6, 6.07) is 17.6. The van der Waals surface area contributed by atoms with Gasteiger partial charge in [-0.15, -0.1) is 0 Å². The fourth-order valence-corrected chi connectivity index (χ4v) is 5.30. The Morgan fingerprint density at radius 1 is 0.892 bits per heavy atom. The minimum absolute atomic E-state index is 0.0404. The van der Waals surface area contributed by atoms with Crippen LogP contribution < -0.4 is 0 Å². The van der Waals surface area contributed by atoms with Crippen LogP contribution in [0.4, 0.5) is 17.6 Å². The van der Waals surface area contributed by atoms with Crippen molar-refractivity contribution in [2.24, 2.45) is 11.8 Å². The number of likely N-dealkylation sites (tertiary alicyclic amines) is 1. The number of aromatic nitrogens is 2. The van der Waals surface area contributed by atoms with Gasteiger partial charge in [0, 0.05) is 31.1 Å². The van der Waals surface area contributed by atoms with E-state index < -0.39 is 11.7 Å². The topological polar surface area (TPSA) is 38.1 Å². The van der Waals surface area contributed by atoms with Crippen molar-refractivity contribution in [3.63, 3.8) is 0 Å². The summed E-state index contributed by atoms with van der Waals surface area (Å²) in [7, 11) is 0. The maximum Gasteiger partial charge on any atom is 0.418 e. The lowest BCUT2D eigenvalue weighted by molar-refractivity contribution is -0.136. The van der Waals surface area contributed by atoms with E-state index in [4.69, 9.17) is 0 Å². The highest BCUT2D eigenvalue weighted by molar-refractivity contribution is 5.85. The first-order chi connectivity index (χ1) is 17.8. The van der Waals surface area contributed by atoms with Crippen LogP contribution >= 0.6 is 0 Å². The number of para-hydroxylation sites is 1. The van der Waals surface area contributed by atoms with Crippen LogP contribution in [0.5, 0.6) is 0 Å². The number of alkyl halides is 3. The fraction of sp³-hybridized carbons (Fsp3) is 0.310. The SMILES string of the molecule is O=C(C1CC1)N1CC[C@H](Cn2c(-c3ccc(-c4ccc(F)cc4)cc3)nc3cccc(C(F)(F)F)c32)C1. The molecule has 4 nitrogen and oxygen atoms in total. The zero-order valence-corrected chi connectivity index (χ0v) is 20.0. The summed E-state index contributed by atoms with van der Waals surface area (Å²) in [4.78, 5) is 19.0. The molecule has 37 heavy (non-hydrogen) atoms. The van der Waals surface area contributed by atoms with E-state index in [0.29, 0.717) is 31.0 Å². The maximum atomic E-state index is 14.0. The molecule has 3 aromatic carbocycles. The molecular weight excluding hydrogens is 482 g/mol. The molecule has 1 aliphatic carbocycles. The lowest BCUT2D eigenvalue weighted by Gasteiger charge is -2.19. The summed E-state index contributed by atoms with van der Waals surface area (Å²) in [5.41, 5.74) is 2.05. The fourth-order valence-electron chi connectivity index (χ4n) is 5.30. The van der Waals surface area contributed by atoms with E-state index in [0.717, 1.165) is 36.5 Å². The zero-order valence-electron chi connectivity index (χ0n) is 20.0. The number of carbonyl (C=O) groups excluding carboxylic acids is 1. The molecule has 1 aliphatic heterocycles. The van der Waals surface area contributed by atoms with Gasteiger partial charge in [-0.25, -0.2) is 9.37 Å². The molecule has 0 bridgehead atoms. The number of carbonyl (C=O) groups is 1. The molecule has 1 saturated carbocycles. The highest BCUT2D eigenvalue weighted by Gasteiger charge is 2.38. The second kappa shape index (κ2) is 9.01. The van der Waals surface area contributed by atoms with Crippen LogP contribution in [0.3, 0.4) is 0 Å². The van der Waals surface area contributed by atoms with Gasteiger partial charge in [0.15, 0.2) is 0 Å². The van der Waals surface area contributed by atoms with Crippen molar-refractivity contribution in [1.82, 2.24) is 14.5 Å². The molecule has 4 aromatic rings. The minimum Gasteiger partial charge on any atom is -0.342 e. The van der Waals surface area contributed by atoms with Gasteiger partial charge in [0.05, 0.1) is 16.6 Å². The van der Waals surface area contributed by atoms with Gasteiger partial charge in [-0.3, -0.25) is 4.79 Å². The summed E-state index contributed by atoms with van der Waals surface area (Å²) in [5, 5.41) is 0. The van der Waals surface area contributed by atoms with Gasteiger partial charge < -0.3 is 9.47 Å². The highest BCUT2D eigenvalue weighted by atomic mass is 19.4. The molecule has 0 spiro atoms. The number of halogens is 4. The lowest BCUT2D eigenvalue weighted by Crippen LogP contribution is -2.30. The Kier molecular flexibility index (Phi) is 5.77. The van der Waals surface area contributed by atoms with Crippen LogP contribution in [0.1, 0.15) is 24.8 Å². The predicted octanol–water partition coefficient (Wildman–Crippen LogP) is 6.79. The molecule has 1 atom stereocenters. The van der Waals surface area contributed by atoms with Crippen LogP contribution in [0.25, 0.3) is 33.5 Å². The van der Waals surface area contributed by atoms with E-state index in [1.165, 1.54) is 18.2 Å². The molecule has 8 heteroatoms. The third-order valence-electron chi connectivity index (χ3n) is 7.36. The smallest absolute Gasteiger partial charge is 0.342 e. The normalized spacial score (nSPS) is 18.1.